The normalized spacial score (nSPS) is 28.6. The first kappa shape index (κ1) is 22.1. The highest BCUT2D eigenvalue weighted by Crippen LogP contribution is 2.51. The van der Waals surface area contributed by atoms with Gasteiger partial charge in [0.15, 0.2) is 0 Å². The highest BCUT2D eigenvalue weighted by atomic mass is 16.5. The molecule has 2 atom stereocenters. The molecule has 35 heavy (non-hydrogen) atoms. The summed E-state index contributed by atoms with van der Waals surface area (Å²) in [4.78, 5) is 39.8. The highest BCUT2D eigenvalue weighted by molar-refractivity contribution is 5.91. The molecule has 0 aromatic heterocycles. The predicted octanol–water partition coefficient (Wildman–Crippen LogP) is 4.16. The van der Waals surface area contributed by atoms with E-state index in [1.54, 1.807) is 4.90 Å². The second-order valence-electron chi connectivity index (χ2n) is 10.5. The quantitative estimate of drug-likeness (QED) is 0.679. The lowest BCUT2D eigenvalue weighted by molar-refractivity contribution is -0.160. The molecule has 2 N–H and O–H groups in total. The van der Waals surface area contributed by atoms with Gasteiger partial charge in [-0.3, -0.25) is 4.79 Å². The number of aliphatic carboxylic acids is 1. The smallest absolute Gasteiger partial charge is 0.407 e. The Labute approximate surface area is 204 Å². The van der Waals surface area contributed by atoms with Gasteiger partial charge in [0.1, 0.15) is 12.1 Å². The molecular formula is C28H30N2O5. The summed E-state index contributed by atoms with van der Waals surface area (Å²) in [5.74, 6) is -1.18. The summed E-state index contributed by atoms with van der Waals surface area (Å²) in [5.41, 5.74) is 3.62. The number of hydrogen-bond acceptors (Lipinski definition) is 4. The van der Waals surface area contributed by atoms with Crippen LogP contribution in [0.3, 0.4) is 0 Å². The van der Waals surface area contributed by atoms with Crippen LogP contribution in [0.2, 0.25) is 0 Å². The lowest BCUT2D eigenvalue weighted by Gasteiger charge is -2.41. The molecule has 5 aliphatic rings. The molecule has 2 heterocycles. The maximum atomic E-state index is 13.5. The Morgan fingerprint density at radius 1 is 0.971 bits per heavy atom. The molecule has 4 fully saturated rings. The molecule has 2 aliphatic heterocycles. The van der Waals surface area contributed by atoms with Gasteiger partial charge in [-0.25, -0.2) is 9.59 Å². The van der Waals surface area contributed by atoms with Crippen molar-refractivity contribution in [2.75, 3.05) is 13.2 Å². The van der Waals surface area contributed by atoms with Crippen molar-refractivity contribution < 1.29 is 24.2 Å². The summed E-state index contributed by atoms with van der Waals surface area (Å²) in [6.45, 7) is 0.737. The van der Waals surface area contributed by atoms with Crippen LogP contribution in [0, 0.1) is 11.8 Å². The van der Waals surface area contributed by atoms with Gasteiger partial charge in [0.05, 0.1) is 5.92 Å². The van der Waals surface area contributed by atoms with Crippen molar-refractivity contribution in [3.63, 3.8) is 0 Å². The van der Waals surface area contributed by atoms with Crippen LogP contribution in [0.4, 0.5) is 4.79 Å². The number of carboxylic acid groups (broad SMARTS) is 1. The molecule has 2 aromatic rings. The maximum absolute atomic E-state index is 13.5. The van der Waals surface area contributed by atoms with Gasteiger partial charge in [0.2, 0.25) is 5.91 Å². The van der Waals surface area contributed by atoms with E-state index < -0.39 is 23.5 Å². The summed E-state index contributed by atoms with van der Waals surface area (Å²) >= 11 is 0. The van der Waals surface area contributed by atoms with Crippen LogP contribution in [0.25, 0.3) is 11.1 Å². The Morgan fingerprint density at radius 3 is 2.26 bits per heavy atom. The van der Waals surface area contributed by atoms with E-state index in [-0.39, 0.29) is 30.4 Å². The van der Waals surface area contributed by atoms with Gasteiger partial charge in [-0.05, 0) is 53.9 Å². The molecule has 7 rings (SSSR count). The molecular weight excluding hydrogens is 444 g/mol. The van der Waals surface area contributed by atoms with Gasteiger partial charge in [0.25, 0.3) is 0 Å². The molecule has 3 aliphatic carbocycles. The van der Waals surface area contributed by atoms with Crippen LogP contribution in [0.5, 0.6) is 0 Å². The van der Waals surface area contributed by atoms with E-state index in [0.29, 0.717) is 32.2 Å². The Hall–Kier alpha value is -3.35. The summed E-state index contributed by atoms with van der Waals surface area (Å²) in [6.07, 6.45) is 3.75. The number of benzene rings is 2. The standard InChI is InChI=1S/C28H30N2O5/c31-25(30-15-17-13-28(30,14-17)26(32)33)22-11-5-6-12-24(22)29-27(34)35-16-23-20-9-3-1-7-18(20)19-8-2-4-10-21(19)23/h1-4,7-10,17,22-24H,5-6,11-16H2,(H,29,34)(H,32,33)/t17?,22-,24+,28?/m1/s1. The van der Waals surface area contributed by atoms with E-state index in [1.165, 1.54) is 11.1 Å². The monoisotopic (exact) mass is 474 g/mol. The Balaban J connectivity index is 1.13. The number of carboxylic acids is 1. The van der Waals surface area contributed by atoms with Crippen LogP contribution in [-0.4, -0.2) is 52.7 Å². The Morgan fingerprint density at radius 2 is 1.60 bits per heavy atom. The second-order valence-corrected chi connectivity index (χ2v) is 10.5. The van der Waals surface area contributed by atoms with Gasteiger partial charge >= 0.3 is 12.1 Å². The third kappa shape index (κ3) is 3.51. The van der Waals surface area contributed by atoms with E-state index in [2.05, 4.69) is 29.6 Å². The Bertz CT molecular complexity index is 1140. The molecule has 0 spiro atoms. The van der Waals surface area contributed by atoms with Crippen molar-refractivity contribution in [3.8, 4) is 11.1 Å². The van der Waals surface area contributed by atoms with Gasteiger partial charge in [-0.2, -0.15) is 0 Å². The summed E-state index contributed by atoms with van der Waals surface area (Å²) < 4.78 is 5.71. The van der Waals surface area contributed by atoms with Crippen LogP contribution >= 0.6 is 0 Å². The maximum Gasteiger partial charge on any atom is 0.407 e. The first-order valence-electron chi connectivity index (χ1n) is 12.6. The van der Waals surface area contributed by atoms with Crippen LogP contribution in [0.1, 0.15) is 55.6 Å². The second kappa shape index (κ2) is 8.40. The SMILES string of the molecule is O=C(N[C@H]1CCCC[C@H]1C(=O)N1CC2CC1(C(=O)O)C2)OCC1c2ccccc2-c2ccccc21. The molecule has 0 radical (unpaired) electrons. The summed E-state index contributed by atoms with van der Waals surface area (Å²) in [7, 11) is 0. The van der Waals surface area contributed by atoms with E-state index >= 15 is 0 Å². The van der Waals surface area contributed by atoms with Crippen molar-refractivity contribution in [1.29, 1.82) is 0 Å². The average molecular weight is 475 g/mol. The number of carbonyl (C=O) groups excluding carboxylic acids is 2. The van der Waals surface area contributed by atoms with Gasteiger partial charge in [-0.1, -0.05) is 61.4 Å². The van der Waals surface area contributed by atoms with E-state index in [4.69, 9.17) is 4.74 Å². The molecule has 7 nitrogen and oxygen atoms in total. The zero-order valence-electron chi connectivity index (χ0n) is 19.6. The van der Waals surface area contributed by atoms with Crippen molar-refractivity contribution in [3.05, 3.63) is 59.7 Å². The van der Waals surface area contributed by atoms with Gasteiger partial charge in [-0.15, -0.1) is 0 Å². The molecule has 7 heteroatoms. The molecule has 2 bridgehead atoms. The minimum absolute atomic E-state index is 0.0243. The third-order valence-corrected chi connectivity index (χ3v) is 8.60. The number of carbonyl (C=O) groups is 3. The summed E-state index contributed by atoms with van der Waals surface area (Å²) in [5, 5.41) is 12.7. The largest absolute Gasteiger partial charge is 0.479 e. The van der Waals surface area contributed by atoms with E-state index in [9.17, 15) is 19.5 Å². The number of alkyl carbamates (subject to hydrolysis) is 1. The number of amides is 2. The van der Waals surface area contributed by atoms with Gasteiger partial charge in [0, 0.05) is 18.5 Å². The number of nitrogens with zero attached hydrogens (tertiary/aromatic N) is 1. The molecule has 2 saturated carbocycles. The molecule has 2 aromatic carbocycles. The predicted molar refractivity (Wildman–Crippen MR) is 129 cm³/mol. The number of rotatable bonds is 5. The lowest BCUT2D eigenvalue weighted by atomic mass is 9.73. The zero-order valence-corrected chi connectivity index (χ0v) is 19.6. The lowest BCUT2D eigenvalue weighted by Crippen LogP contribution is -2.58. The van der Waals surface area contributed by atoms with Crippen molar-refractivity contribution in [2.24, 2.45) is 11.8 Å². The number of ether oxygens (including phenoxy) is 1. The van der Waals surface area contributed by atoms with E-state index in [0.717, 1.165) is 24.0 Å². The first-order valence-corrected chi connectivity index (χ1v) is 12.6. The highest BCUT2D eigenvalue weighted by Gasteiger charge is 2.63. The molecule has 2 saturated heterocycles. The number of nitrogens with one attached hydrogen (secondary N) is 1. The van der Waals surface area contributed by atoms with E-state index in [1.807, 2.05) is 24.3 Å². The minimum atomic E-state index is -1.03. The Kier molecular flexibility index (Phi) is 5.31. The molecule has 2 amide bonds. The van der Waals surface area contributed by atoms with Gasteiger partial charge < -0.3 is 20.1 Å². The average Bonchev–Trinajstić information content (AvgIpc) is 3.51. The fourth-order valence-corrected chi connectivity index (χ4v) is 6.86. The molecule has 182 valence electrons. The number of fused-ring (bicyclic) bond motifs is 4. The number of hydrogen-bond donors (Lipinski definition) is 2. The van der Waals surface area contributed by atoms with Crippen molar-refractivity contribution in [1.82, 2.24) is 10.2 Å². The fourth-order valence-electron chi connectivity index (χ4n) is 6.86. The zero-order chi connectivity index (χ0) is 24.2. The third-order valence-electron chi connectivity index (χ3n) is 8.60. The fraction of sp³-hybridized carbons (Fsp3) is 0.464. The van der Waals surface area contributed by atoms with Crippen molar-refractivity contribution >= 4 is 18.0 Å². The van der Waals surface area contributed by atoms with Crippen LogP contribution in [-0.2, 0) is 14.3 Å². The minimum Gasteiger partial charge on any atom is -0.479 e. The summed E-state index contributed by atoms with van der Waals surface area (Å²) in [6, 6.07) is 16.1. The van der Waals surface area contributed by atoms with Crippen LogP contribution in [0.15, 0.2) is 48.5 Å². The molecule has 0 unspecified atom stereocenters. The van der Waals surface area contributed by atoms with Crippen LogP contribution < -0.4 is 5.32 Å². The first-order chi connectivity index (χ1) is 17.0. The topological polar surface area (TPSA) is 95.9 Å². The van der Waals surface area contributed by atoms with Crippen molar-refractivity contribution in [2.45, 2.75) is 56.0 Å².